The van der Waals surface area contributed by atoms with Crippen molar-refractivity contribution in [2.45, 2.75) is 79.0 Å². The maximum Gasteiger partial charge on any atom is 0.294 e. The van der Waals surface area contributed by atoms with Gasteiger partial charge in [-0.2, -0.15) is 0 Å². The smallest absolute Gasteiger partial charge is 0.294 e. The van der Waals surface area contributed by atoms with Crippen molar-refractivity contribution in [2.75, 3.05) is 0 Å². The maximum atomic E-state index is 6.09. The normalized spacial score (nSPS) is 25.8. The zero-order valence-electron chi connectivity index (χ0n) is 14.2. The predicted molar refractivity (Wildman–Crippen MR) is 87.7 cm³/mol. The van der Waals surface area contributed by atoms with Crippen molar-refractivity contribution in [3.63, 3.8) is 0 Å². The van der Waals surface area contributed by atoms with Crippen molar-refractivity contribution in [3.05, 3.63) is 5.01 Å². The number of hydrogen-bond donors (Lipinski definition) is 1. The van der Waals surface area contributed by atoms with Gasteiger partial charge in [0.05, 0.1) is 6.54 Å². The van der Waals surface area contributed by atoms with Gasteiger partial charge in [-0.15, -0.1) is 5.10 Å². The highest BCUT2D eigenvalue weighted by Gasteiger charge is 2.33. The Morgan fingerprint density at radius 2 is 2.00 bits per heavy atom. The van der Waals surface area contributed by atoms with Crippen molar-refractivity contribution < 1.29 is 4.74 Å². The number of ether oxygens (including phenoxy) is 1. The third-order valence-electron chi connectivity index (χ3n) is 3.83. The topological polar surface area (TPSA) is 47.0 Å². The van der Waals surface area contributed by atoms with Crippen molar-refractivity contribution in [3.8, 4) is 5.19 Å². The van der Waals surface area contributed by atoms with Crippen LogP contribution in [-0.4, -0.2) is 21.8 Å². The van der Waals surface area contributed by atoms with E-state index in [4.69, 9.17) is 4.74 Å². The molecule has 1 heterocycles. The molecule has 0 aromatic carbocycles. The predicted octanol–water partition coefficient (Wildman–Crippen LogP) is 4.02. The molecule has 4 nitrogen and oxygen atoms in total. The molecule has 2 atom stereocenters. The quantitative estimate of drug-likeness (QED) is 0.912. The minimum absolute atomic E-state index is 0.0928. The summed E-state index contributed by atoms with van der Waals surface area (Å²) in [5, 5.41) is 13.5. The second-order valence-electron chi connectivity index (χ2n) is 8.22. The maximum absolute atomic E-state index is 6.09. The fraction of sp³-hybridized carbons (Fsp3) is 0.875. The molecular weight excluding hydrogens is 282 g/mol. The van der Waals surface area contributed by atoms with Crippen molar-refractivity contribution in [2.24, 2.45) is 11.3 Å². The zero-order chi connectivity index (χ0) is 15.7. The molecule has 1 aliphatic rings. The van der Waals surface area contributed by atoms with Gasteiger partial charge in [0.2, 0.25) is 0 Å². The van der Waals surface area contributed by atoms with Gasteiger partial charge in [-0.3, -0.25) is 0 Å². The average Bonchev–Trinajstić information content (AvgIpc) is 2.70. The molecule has 0 spiro atoms. The van der Waals surface area contributed by atoms with Crippen LogP contribution in [0.1, 0.15) is 65.8 Å². The first-order valence-electron chi connectivity index (χ1n) is 7.87. The Kier molecular flexibility index (Phi) is 4.93. The Hall–Kier alpha value is -0.680. The van der Waals surface area contributed by atoms with E-state index in [0.717, 1.165) is 29.6 Å². The van der Waals surface area contributed by atoms with Gasteiger partial charge in [0.1, 0.15) is 11.1 Å². The Morgan fingerprint density at radius 3 is 2.62 bits per heavy atom. The lowest BCUT2D eigenvalue weighted by atomic mass is 9.71. The molecule has 0 radical (unpaired) electrons. The van der Waals surface area contributed by atoms with Crippen LogP contribution >= 0.6 is 11.3 Å². The number of aromatic nitrogens is 2. The molecule has 0 bridgehead atoms. The lowest BCUT2D eigenvalue weighted by molar-refractivity contribution is 0.0556. The summed E-state index contributed by atoms with van der Waals surface area (Å²) >= 11 is 1.56. The number of nitrogens with one attached hydrogen (secondary N) is 1. The molecule has 2 rings (SSSR count). The highest BCUT2D eigenvalue weighted by atomic mass is 32.1. The summed E-state index contributed by atoms with van der Waals surface area (Å²) in [6.45, 7) is 14.2. The standard InChI is InChI=1S/C16H29N3OS/c1-11-7-12(9-16(5,6)8-11)20-14-19-18-13(21-14)10-17-15(2,3)4/h11-12,17H,7-10H2,1-6H3. The summed E-state index contributed by atoms with van der Waals surface area (Å²) in [5.74, 6) is 0.716. The molecule has 1 saturated carbocycles. The van der Waals surface area contributed by atoms with Crippen molar-refractivity contribution in [1.82, 2.24) is 15.5 Å². The van der Waals surface area contributed by atoms with Gasteiger partial charge in [0.25, 0.3) is 5.19 Å². The molecule has 2 unspecified atom stereocenters. The fourth-order valence-electron chi connectivity index (χ4n) is 3.19. The van der Waals surface area contributed by atoms with Crippen molar-refractivity contribution >= 4 is 11.3 Å². The Balaban J connectivity index is 1.90. The molecule has 21 heavy (non-hydrogen) atoms. The van der Waals surface area contributed by atoms with E-state index in [1.807, 2.05) is 0 Å². The highest BCUT2D eigenvalue weighted by Crippen LogP contribution is 2.40. The van der Waals surface area contributed by atoms with Crippen LogP contribution in [0.3, 0.4) is 0 Å². The first kappa shape index (κ1) is 16.7. The Morgan fingerprint density at radius 1 is 1.29 bits per heavy atom. The second-order valence-corrected chi connectivity index (χ2v) is 9.24. The molecule has 1 aromatic rings. The van der Waals surface area contributed by atoms with Crippen LogP contribution in [-0.2, 0) is 6.54 Å². The highest BCUT2D eigenvalue weighted by molar-refractivity contribution is 7.13. The largest absolute Gasteiger partial charge is 0.466 e. The molecule has 120 valence electrons. The molecule has 0 aliphatic heterocycles. The summed E-state index contributed by atoms with van der Waals surface area (Å²) < 4.78 is 6.09. The SMILES string of the molecule is CC1CC(Oc2nnc(CNC(C)(C)C)s2)CC(C)(C)C1. The number of nitrogens with zero attached hydrogens (tertiary/aromatic N) is 2. The molecule has 1 fully saturated rings. The molecule has 0 saturated heterocycles. The van der Waals surface area contributed by atoms with Gasteiger partial charge >= 0.3 is 0 Å². The molecule has 1 N–H and O–H groups in total. The summed E-state index contributed by atoms with van der Waals surface area (Å²) in [4.78, 5) is 0. The van der Waals surface area contributed by atoms with Gasteiger partial charge in [0, 0.05) is 5.54 Å². The van der Waals surface area contributed by atoms with Crippen LogP contribution in [0.5, 0.6) is 5.19 Å². The third-order valence-corrected chi connectivity index (χ3v) is 4.65. The summed E-state index contributed by atoms with van der Waals surface area (Å²) in [7, 11) is 0. The Labute approximate surface area is 132 Å². The first-order chi connectivity index (χ1) is 9.63. The van der Waals surface area contributed by atoms with E-state index in [2.05, 4.69) is 57.1 Å². The molecule has 0 amide bonds. The zero-order valence-corrected chi connectivity index (χ0v) is 15.0. The van der Waals surface area contributed by atoms with Crippen LogP contribution in [0.2, 0.25) is 0 Å². The molecular formula is C16H29N3OS. The van der Waals surface area contributed by atoms with E-state index in [1.165, 1.54) is 6.42 Å². The van der Waals surface area contributed by atoms with E-state index in [1.54, 1.807) is 11.3 Å². The van der Waals surface area contributed by atoms with E-state index < -0.39 is 0 Å². The van der Waals surface area contributed by atoms with Gasteiger partial charge in [-0.1, -0.05) is 37.2 Å². The Bertz CT molecular complexity index is 464. The molecule has 5 heteroatoms. The van der Waals surface area contributed by atoms with Gasteiger partial charge in [0.15, 0.2) is 0 Å². The van der Waals surface area contributed by atoms with E-state index >= 15 is 0 Å². The van der Waals surface area contributed by atoms with E-state index in [9.17, 15) is 0 Å². The number of rotatable bonds is 4. The average molecular weight is 311 g/mol. The van der Waals surface area contributed by atoms with Gasteiger partial charge < -0.3 is 10.1 Å². The summed E-state index contributed by atoms with van der Waals surface area (Å²) in [5.41, 5.74) is 0.457. The third kappa shape index (κ3) is 5.55. The van der Waals surface area contributed by atoms with E-state index in [0.29, 0.717) is 11.3 Å². The minimum Gasteiger partial charge on any atom is -0.466 e. The summed E-state index contributed by atoms with van der Waals surface area (Å²) in [6.07, 6.45) is 3.79. The monoisotopic (exact) mass is 311 g/mol. The van der Waals surface area contributed by atoms with Crippen LogP contribution < -0.4 is 10.1 Å². The lowest BCUT2D eigenvalue weighted by Crippen LogP contribution is -2.35. The molecule has 1 aromatic heterocycles. The van der Waals surface area contributed by atoms with Crippen LogP contribution in [0, 0.1) is 11.3 Å². The van der Waals surface area contributed by atoms with Crippen LogP contribution in [0.4, 0.5) is 0 Å². The second kappa shape index (κ2) is 6.21. The lowest BCUT2D eigenvalue weighted by Gasteiger charge is -2.38. The number of hydrogen-bond acceptors (Lipinski definition) is 5. The van der Waals surface area contributed by atoms with Crippen LogP contribution in [0.25, 0.3) is 0 Å². The van der Waals surface area contributed by atoms with Crippen LogP contribution in [0.15, 0.2) is 0 Å². The van der Waals surface area contributed by atoms with E-state index in [-0.39, 0.29) is 11.6 Å². The minimum atomic E-state index is 0.0928. The van der Waals surface area contributed by atoms with Gasteiger partial charge in [-0.25, -0.2) is 0 Å². The summed E-state index contributed by atoms with van der Waals surface area (Å²) in [6, 6.07) is 0. The van der Waals surface area contributed by atoms with Gasteiger partial charge in [-0.05, 0) is 51.4 Å². The first-order valence-corrected chi connectivity index (χ1v) is 8.69. The van der Waals surface area contributed by atoms with Crippen molar-refractivity contribution in [1.29, 1.82) is 0 Å². The fourth-order valence-corrected chi connectivity index (χ4v) is 3.88. The molecule has 1 aliphatic carbocycles.